The van der Waals surface area contributed by atoms with Gasteiger partial charge in [-0.3, -0.25) is 14.4 Å². The lowest BCUT2D eigenvalue weighted by Gasteiger charge is -2.51. The molecule has 1 fully saturated rings. The maximum atomic E-state index is 14.4. The lowest BCUT2D eigenvalue weighted by atomic mass is 9.48. The van der Waals surface area contributed by atoms with Gasteiger partial charge in [0, 0.05) is 11.8 Å². The van der Waals surface area contributed by atoms with Crippen LogP contribution in [-0.4, -0.2) is 17.7 Å². The minimum atomic E-state index is -4.68. The van der Waals surface area contributed by atoms with Crippen LogP contribution in [0.5, 0.6) is 0 Å². The average Bonchev–Trinajstić information content (AvgIpc) is 3.17. The normalized spacial score (nSPS) is 24.1. The second-order valence-corrected chi connectivity index (χ2v) is 10.9. The molecule has 0 unspecified atom stereocenters. The highest BCUT2D eigenvalue weighted by Gasteiger charge is 2.69. The number of benzene rings is 4. The fourth-order valence-corrected chi connectivity index (χ4v) is 7.23. The van der Waals surface area contributed by atoms with E-state index in [-0.39, 0.29) is 23.1 Å². The van der Waals surface area contributed by atoms with Crippen molar-refractivity contribution in [3.05, 3.63) is 130 Å². The molecule has 2 bridgehead atoms. The first-order valence-electron chi connectivity index (χ1n) is 13.3. The van der Waals surface area contributed by atoms with Gasteiger partial charge in [0.1, 0.15) is 0 Å². The molecule has 4 aromatic rings. The zero-order valence-corrected chi connectivity index (χ0v) is 21.8. The number of nitrogens with one attached hydrogen (secondary N) is 1. The number of alkyl halides is 3. The molecule has 0 saturated carbocycles. The van der Waals surface area contributed by atoms with Gasteiger partial charge in [0.2, 0.25) is 11.8 Å². The van der Waals surface area contributed by atoms with Crippen LogP contribution in [0, 0.1) is 11.3 Å². The van der Waals surface area contributed by atoms with E-state index >= 15 is 0 Å². The third-order valence-electron chi connectivity index (χ3n) is 8.88. The lowest BCUT2D eigenvalue weighted by Crippen LogP contribution is -2.49. The number of amides is 3. The number of carbonyl (C=O) groups is 3. The predicted octanol–water partition coefficient (Wildman–Crippen LogP) is 6.74. The highest BCUT2D eigenvalue weighted by Crippen LogP contribution is 2.67. The molecule has 2 atom stereocenters. The monoisotopic (exact) mass is 552 g/mol. The Kier molecular flexibility index (Phi) is 5.32. The van der Waals surface area contributed by atoms with Crippen LogP contribution in [0.2, 0.25) is 0 Å². The van der Waals surface area contributed by atoms with Crippen molar-refractivity contribution in [3.63, 3.8) is 0 Å². The largest absolute Gasteiger partial charge is 0.418 e. The summed E-state index contributed by atoms with van der Waals surface area (Å²) >= 11 is 0. The number of carbonyl (C=O) groups excluding carboxylic acids is 3. The summed E-state index contributed by atoms with van der Waals surface area (Å²) in [5.74, 6) is -3.13. The van der Waals surface area contributed by atoms with E-state index in [9.17, 15) is 27.6 Å². The molecule has 41 heavy (non-hydrogen) atoms. The van der Waals surface area contributed by atoms with Crippen LogP contribution in [0.15, 0.2) is 97.1 Å². The minimum Gasteiger partial charge on any atom is -0.321 e. The number of nitrogens with zero attached hydrogens (tertiary/aromatic N) is 1. The smallest absolute Gasteiger partial charge is 0.321 e. The van der Waals surface area contributed by atoms with Gasteiger partial charge in [0.25, 0.3) is 5.91 Å². The molecule has 3 aliphatic carbocycles. The Morgan fingerprint density at radius 2 is 1.32 bits per heavy atom. The zero-order chi connectivity index (χ0) is 28.7. The van der Waals surface area contributed by atoms with Gasteiger partial charge in [-0.2, -0.15) is 13.2 Å². The quantitative estimate of drug-likeness (QED) is 0.286. The Hall–Kier alpha value is -4.72. The van der Waals surface area contributed by atoms with Crippen molar-refractivity contribution < 1.29 is 27.6 Å². The number of rotatable bonds is 3. The molecule has 4 aromatic carbocycles. The SMILES string of the molecule is C[C@]12C(=O)N(c3ccccc3C(=O)Nc3ccccc3C(F)(F)F)C(=O)[C@@H]1C1c3ccccc3C2c2ccccc21. The zero-order valence-electron chi connectivity index (χ0n) is 21.8. The third kappa shape index (κ3) is 3.40. The summed E-state index contributed by atoms with van der Waals surface area (Å²) in [6.45, 7) is 1.82. The van der Waals surface area contributed by atoms with Crippen LogP contribution in [-0.2, 0) is 15.8 Å². The van der Waals surface area contributed by atoms with Crippen LogP contribution in [0.25, 0.3) is 0 Å². The van der Waals surface area contributed by atoms with E-state index in [1.165, 1.54) is 24.3 Å². The van der Waals surface area contributed by atoms with Crippen molar-refractivity contribution in [1.29, 1.82) is 0 Å². The molecule has 8 rings (SSSR count). The molecule has 0 aromatic heterocycles. The first kappa shape index (κ1) is 25.3. The van der Waals surface area contributed by atoms with Gasteiger partial charge in [0.05, 0.1) is 33.8 Å². The first-order chi connectivity index (χ1) is 19.6. The maximum Gasteiger partial charge on any atom is 0.418 e. The number of para-hydroxylation sites is 2. The number of imide groups is 1. The summed E-state index contributed by atoms with van der Waals surface area (Å²) < 4.78 is 40.8. The first-order valence-corrected chi connectivity index (χ1v) is 13.3. The van der Waals surface area contributed by atoms with Gasteiger partial charge in [0.15, 0.2) is 0 Å². The summed E-state index contributed by atoms with van der Waals surface area (Å²) in [6.07, 6.45) is -4.68. The van der Waals surface area contributed by atoms with Gasteiger partial charge >= 0.3 is 6.18 Å². The van der Waals surface area contributed by atoms with Crippen molar-refractivity contribution in [2.24, 2.45) is 11.3 Å². The molecule has 1 aliphatic heterocycles. The fourth-order valence-electron chi connectivity index (χ4n) is 7.23. The standard InChI is InChI=1S/C33H23F3N2O3/c1-32-27-20-12-4-2-10-18(20)26(19-11-3-5-13-21(19)27)28(32)30(40)38(31(32)41)25-17-9-6-14-22(25)29(39)37-24-16-8-7-15-23(24)33(34,35)36/h2-17,26-28H,1H3,(H,37,39)/t26?,27?,28-,32+/m0/s1. The number of anilines is 2. The highest BCUT2D eigenvalue weighted by molar-refractivity contribution is 6.27. The second kappa shape index (κ2) is 8.64. The molecular formula is C33H23F3N2O3. The van der Waals surface area contributed by atoms with E-state index in [2.05, 4.69) is 5.32 Å². The number of hydrogen-bond donors (Lipinski definition) is 1. The van der Waals surface area contributed by atoms with Gasteiger partial charge in [-0.1, -0.05) is 72.8 Å². The Morgan fingerprint density at radius 1 is 0.780 bits per heavy atom. The van der Waals surface area contributed by atoms with Crippen LogP contribution in [0.3, 0.4) is 0 Å². The average molecular weight is 553 g/mol. The molecular weight excluding hydrogens is 529 g/mol. The van der Waals surface area contributed by atoms with Crippen LogP contribution in [0.4, 0.5) is 24.5 Å². The van der Waals surface area contributed by atoms with Gasteiger partial charge < -0.3 is 5.32 Å². The van der Waals surface area contributed by atoms with Crippen molar-refractivity contribution in [2.45, 2.75) is 24.9 Å². The predicted molar refractivity (Wildman–Crippen MR) is 146 cm³/mol. The van der Waals surface area contributed by atoms with E-state index in [1.54, 1.807) is 12.1 Å². The summed E-state index contributed by atoms with van der Waals surface area (Å²) in [6, 6.07) is 26.4. The van der Waals surface area contributed by atoms with Gasteiger partial charge in [-0.15, -0.1) is 0 Å². The summed E-state index contributed by atoms with van der Waals surface area (Å²) in [4.78, 5) is 43.3. The molecule has 8 heteroatoms. The molecule has 1 N–H and O–H groups in total. The minimum absolute atomic E-state index is 0.0487. The Morgan fingerprint density at radius 3 is 1.95 bits per heavy atom. The van der Waals surface area contributed by atoms with Crippen molar-refractivity contribution in [2.75, 3.05) is 10.2 Å². The Labute approximate surface area is 233 Å². The molecule has 1 saturated heterocycles. The van der Waals surface area contributed by atoms with Crippen LogP contribution >= 0.6 is 0 Å². The van der Waals surface area contributed by atoms with Crippen molar-refractivity contribution in [1.82, 2.24) is 0 Å². The molecule has 5 nitrogen and oxygen atoms in total. The third-order valence-corrected chi connectivity index (χ3v) is 8.88. The number of hydrogen-bond acceptors (Lipinski definition) is 3. The lowest BCUT2D eigenvalue weighted by molar-refractivity contribution is -0.137. The van der Waals surface area contributed by atoms with E-state index < -0.39 is 46.5 Å². The van der Waals surface area contributed by atoms with Crippen molar-refractivity contribution in [3.8, 4) is 0 Å². The summed E-state index contributed by atoms with van der Waals surface area (Å²) in [7, 11) is 0. The highest BCUT2D eigenvalue weighted by atomic mass is 19.4. The van der Waals surface area contributed by atoms with E-state index in [4.69, 9.17) is 0 Å². The van der Waals surface area contributed by atoms with Crippen molar-refractivity contribution >= 4 is 29.1 Å². The maximum absolute atomic E-state index is 14.4. The van der Waals surface area contributed by atoms with E-state index in [1.807, 2.05) is 55.5 Å². The molecule has 3 amide bonds. The molecule has 4 aliphatic rings. The van der Waals surface area contributed by atoms with Gasteiger partial charge in [-0.25, -0.2) is 4.90 Å². The number of halogens is 3. The summed E-state index contributed by atoms with van der Waals surface area (Å²) in [5.41, 5.74) is 1.49. The molecule has 204 valence electrons. The second-order valence-electron chi connectivity index (χ2n) is 10.9. The van der Waals surface area contributed by atoms with Gasteiger partial charge in [-0.05, 0) is 53.4 Å². The summed E-state index contributed by atoms with van der Waals surface area (Å²) in [5, 5.41) is 2.35. The van der Waals surface area contributed by atoms with Crippen LogP contribution in [0.1, 0.15) is 56.9 Å². The van der Waals surface area contributed by atoms with E-state index in [0.717, 1.165) is 39.3 Å². The fraction of sp³-hybridized carbons (Fsp3) is 0.182. The molecule has 0 spiro atoms. The molecule has 0 radical (unpaired) electrons. The molecule has 1 heterocycles. The topological polar surface area (TPSA) is 66.5 Å². The Balaban J connectivity index is 1.33. The van der Waals surface area contributed by atoms with E-state index in [0.29, 0.717) is 0 Å². The Bertz CT molecular complexity index is 1730. The van der Waals surface area contributed by atoms with Crippen LogP contribution < -0.4 is 10.2 Å².